The summed E-state index contributed by atoms with van der Waals surface area (Å²) in [5, 5.41) is 0.0694. The molecule has 4 aromatic rings. The predicted molar refractivity (Wildman–Crippen MR) is 177 cm³/mol. The molecule has 8 nitrogen and oxygen atoms in total. The minimum Gasteiger partial charge on any atom is -0.352 e. The van der Waals surface area contributed by atoms with Crippen LogP contribution in [0.4, 0.5) is 27.8 Å². The van der Waals surface area contributed by atoms with Crippen molar-refractivity contribution in [2.75, 3.05) is 23.7 Å². The van der Waals surface area contributed by atoms with Crippen molar-refractivity contribution in [3.8, 4) is 11.1 Å². The third kappa shape index (κ3) is 6.23. The quantitative estimate of drug-likeness (QED) is 0.101. The standard InChI is InChI=1S/C32H28F5IN6O2S/c1-4-26(45)44-16(2)12-42(13-17(44)3)30-20-9-21(32(35,36)37)27(19-10-24(38)23(34)11-22(19)33)29-28(20)43(31(46)41-30)14-18(15-47-29)8-25-39-6-5-7-40-25/h4-7,9-11,16-18H,1,8,12-15H2,2-3H3/t16-,17+,18-/m0/s1. The molecule has 1 fully saturated rings. The topological polar surface area (TPSA) is 84.2 Å². The first-order chi connectivity index (χ1) is 22.3. The molecule has 1 amide bonds. The van der Waals surface area contributed by atoms with E-state index in [-0.39, 0.29) is 74.5 Å². The summed E-state index contributed by atoms with van der Waals surface area (Å²) in [6, 6.07) is 3.46. The largest absolute Gasteiger partial charge is 0.417 e. The molecule has 0 bridgehead atoms. The molecule has 4 heterocycles. The predicted octanol–water partition coefficient (Wildman–Crippen LogP) is 6.33. The van der Waals surface area contributed by atoms with Crippen molar-refractivity contribution < 1.29 is 26.7 Å². The Morgan fingerprint density at radius 1 is 1.09 bits per heavy atom. The van der Waals surface area contributed by atoms with Crippen molar-refractivity contribution in [3.05, 3.63) is 86.4 Å². The maximum absolute atomic E-state index is 15.5. The second-order valence-electron chi connectivity index (χ2n) is 11.7. The molecule has 3 atom stereocenters. The fraction of sp³-hybridized carbons (Fsp3) is 0.344. The zero-order valence-electron chi connectivity index (χ0n) is 25.2. The first-order valence-corrected chi connectivity index (χ1v) is 16.8. The van der Waals surface area contributed by atoms with Crippen LogP contribution in [0.25, 0.3) is 22.0 Å². The minimum absolute atomic E-state index is 0.0450. The number of piperazine rings is 1. The van der Waals surface area contributed by atoms with Crippen molar-refractivity contribution in [1.82, 2.24) is 24.4 Å². The van der Waals surface area contributed by atoms with E-state index in [4.69, 9.17) is 0 Å². The lowest BCUT2D eigenvalue weighted by Crippen LogP contribution is -2.58. The molecule has 2 aromatic carbocycles. The molecule has 15 heteroatoms. The van der Waals surface area contributed by atoms with Gasteiger partial charge in [0, 0.05) is 87.3 Å². The number of anilines is 1. The van der Waals surface area contributed by atoms with Crippen molar-refractivity contribution in [2.45, 2.75) is 50.0 Å². The highest BCUT2D eigenvalue weighted by atomic mass is 127. The smallest absolute Gasteiger partial charge is 0.352 e. The second-order valence-corrected chi connectivity index (χ2v) is 13.9. The minimum atomic E-state index is -4.95. The highest BCUT2D eigenvalue weighted by Gasteiger charge is 2.40. The summed E-state index contributed by atoms with van der Waals surface area (Å²) in [7, 11) is 0. The van der Waals surface area contributed by atoms with E-state index in [1.54, 1.807) is 64.7 Å². The zero-order chi connectivity index (χ0) is 33.8. The first-order valence-electron chi connectivity index (χ1n) is 14.7. The maximum atomic E-state index is 15.5. The lowest BCUT2D eigenvalue weighted by molar-refractivity contribution is -0.137. The molecule has 2 aliphatic heterocycles. The first kappa shape index (κ1) is 33.3. The molecule has 2 aromatic heterocycles. The number of nitrogens with zero attached hydrogens (tertiary/aromatic N) is 6. The van der Waals surface area contributed by atoms with Crippen molar-refractivity contribution >= 4 is 57.0 Å². The number of amides is 1. The van der Waals surface area contributed by atoms with E-state index in [9.17, 15) is 14.0 Å². The summed E-state index contributed by atoms with van der Waals surface area (Å²) in [4.78, 5) is 42.8. The highest BCUT2D eigenvalue weighted by molar-refractivity contribution is 14.1. The molecular formula is C32H28F5IN6O2S. The number of halogens is 6. The molecule has 1 saturated heterocycles. The Kier molecular flexibility index (Phi) is 9.06. The maximum Gasteiger partial charge on any atom is 0.417 e. The average molecular weight is 783 g/mol. The van der Waals surface area contributed by atoms with Crippen molar-refractivity contribution in [2.24, 2.45) is 5.92 Å². The molecule has 0 radical (unpaired) electrons. The fourth-order valence-corrected chi connectivity index (χ4v) is 8.33. The van der Waals surface area contributed by atoms with Gasteiger partial charge in [0.25, 0.3) is 0 Å². The summed E-state index contributed by atoms with van der Waals surface area (Å²) in [6.45, 7) is 7.66. The normalized spacial score (nSPS) is 20.0. The number of thioether (sulfide) groups is 1. The van der Waals surface area contributed by atoms with E-state index in [2.05, 4.69) is 21.5 Å². The van der Waals surface area contributed by atoms with E-state index in [0.717, 1.165) is 23.9 Å². The van der Waals surface area contributed by atoms with Gasteiger partial charge < -0.3 is 9.80 Å². The van der Waals surface area contributed by atoms with Crippen LogP contribution in [0.5, 0.6) is 0 Å². The highest BCUT2D eigenvalue weighted by Crippen LogP contribution is 2.49. The summed E-state index contributed by atoms with van der Waals surface area (Å²) in [6.07, 6.45) is -0.252. The van der Waals surface area contributed by atoms with Crippen LogP contribution in [0.2, 0.25) is 0 Å². The van der Waals surface area contributed by atoms with Gasteiger partial charge in [-0.2, -0.15) is 18.2 Å². The van der Waals surface area contributed by atoms with Gasteiger partial charge in [-0.25, -0.2) is 23.5 Å². The SMILES string of the molecule is C=CC(=O)N1[C@H](C)CN(c2nc(=O)n3c4c(c(-c5cc(I)c(F)cc5F)c(C(F)(F)F)cc24)SC[C@@H](Cc2ncccn2)C3)C[C@@H]1C. The number of rotatable bonds is 5. The Labute approximate surface area is 284 Å². The lowest BCUT2D eigenvalue weighted by atomic mass is 9.95. The molecule has 246 valence electrons. The van der Waals surface area contributed by atoms with Gasteiger partial charge in [0.2, 0.25) is 5.91 Å². The molecular weight excluding hydrogens is 754 g/mol. The van der Waals surface area contributed by atoms with Gasteiger partial charge in [0.15, 0.2) is 0 Å². The van der Waals surface area contributed by atoms with E-state index in [1.165, 1.54) is 10.6 Å². The fourth-order valence-electron chi connectivity index (χ4n) is 6.51. The number of hydrogen-bond acceptors (Lipinski definition) is 7. The van der Waals surface area contributed by atoms with Crippen LogP contribution >= 0.6 is 34.4 Å². The molecule has 0 aliphatic carbocycles. The van der Waals surface area contributed by atoms with Crippen LogP contribution in [0.3, 0.4) is 0 Å². The van der Waals surface area contributed by atoms with E-state index >= 15 is 17.6 Å². The lowest BCUT2D eigenvalue weighted by Gasteiger charge is -2.44. The van der Waals surface area contributed by atoms with E-state index in [1.807, 2.05) is 0 Å². The molecule has 0 spiro atoms. The summed E-state index contributed by atoms with van der Waals surface area (Å²) >= 11 is 2.70. The molecule has 0 N–H and O–H groups in total. The van der Waals surface area contributed by atoms with Gasteiger partial charge in [-0.05, 0) is 66.6 Å². The average Bonchev–Trinajstić information content (AvgIpc) is 3.20. The van der Waals surface area contributed by atoms with Crippen LogP contribution in [0.1, 0.15) is 25.2 Å². The summed E-state index contributed by atoms with van der Waals surface area (Å²) < 4.78 is 76.3. The molecule has 2 aliphatic rings. The molecule has 0 saturated carbocycles. The third-order valence-corrected chi connectivity index (χ3v) is 10.6. The number of carbonyl (C=O) groups is 1. The number of hydrogen-bond donors (Lipinski definition) is 0. The van der Waals surface area contributed by atoms with Crippen LogP contribution < -0.4 is 10.6 Å². The number of benzene rings is 2. The van der Waals surface area contributed by atoms with Crippen LogP contribution in [-0.4, -0.2) is 61.3 Å². The third-order valence-electron chi connectivity index (χ3n) is 8.43. The zero-order valence-corrected chi connectivity index (χ0v) is 28.2. The van der Waals surface area contributed by atoms with Crippen molar-refractivity contribution in [3.63, 3.8) is 0 Å². The Balaban J connectivity index is 1.62. The Morgan fingerprint density at radius 3 is 2.40 bits per heavy atom. The number of alkyl halides is 3. The monoisotopic (exact) mass is 782 g/mol. The summed E-state index contributed by atoms with van der Waals surface area (Å²) in [5.41, 5.74) is -2.51. The van der Waals surface area contributed by atoms with Gasteiger partial charge in [0.05, 0.1) is 11.1 Å². The molecule has 6 rings (SSSR count). The second kappa shape index (κ2) is 12.8. The van der Waals surface area contributed by atoms with Crippen LogP contribution in [0.15, 0.2) is 59.0 Å². The Hall–Kier alpha value is -3.60. The Bertz CT molecular complexity index is 1950. The van der Waals surface area contributed by atoms with E-state index < -0.39 is 40.2 Å². The Morgan fingerprint density at radius 2 is 1.77 bits per heavy atom. The van der Waals surface area contributed by atoms with E-state index in [0.29, 0.717) is 18.3 Å². The van der Waals surface area contributed by atoms with Gasteiger partial charge in [0.1, 0.15) is 23.3 Å². The van der Waals surface area contributed by atoms with Crippen molar-refractivity contribution in [1.29, 1.82) is 0 Å². The van der Waals surface area contributed by atoms with Gasteiger partial charge in [-0.1, -0.05) is 6.58 Å². The van der Waals surface area contributed by atoms with Crippen LogP contribution in [0, 0.1) is 21.1 Å². The summed E-state index contributed by atoms with van der Waals surface area (Å²) in [5.74, 6) is -1.82. The van der Waals surface area contributed by atoms with Gasteiger partial charge in [-0.15, -0.1) is 11.8 Å². The molecule has 0 unspecified atom stereocenters. The van der Waals surface area contributed by atoms with Gasteiger partial charge >= 0.3 is 11.9 Å². The van der Waals surface area contributed by atoms with Crippen LogP contribution in [-0.2, 0) is 23.9 Å². The number of carbonyl (C=O) groups excluding carboxylic acids is 1. The van der Waals surface area contributed by atoms with Gasteiger partial charge in [-0.3, -0.25) is 9.36 Å². The number of aromatic nitrogens is 4. The molecule has 47 heavy (non-hydrogen) atoms.